The van der Waals surface area contributed by atoms with Crippen LogP contribution in [0.4, 0.5) is 0 Å². The normalized spacial score (nSPS) is 18.3. The minimum atomic E-state index is -0.997. The van der Waals surface area contributed by atoms with Crippen molar-refractivity contribution >= 4 is 33.7 Å². The molecule has 1 aromatic rings. The Bertz CT molecular complexity index is 690. The van der Waals surface area contributed by atoms with E-state index in [1.54, 1.807) is 12.1 Å². The first-order chi connectivity index (χ1) is 11.7. The number of rotatable bonds is 5. The summed E-state index contributed by atoms with van der Waals surface area (Å²) in [7, 11) is 0. The maximum Gasteiger partial charge on any atom is 0.326 e. The Hall–Kier alpha value is -1.89. The van der Waals surface area contributed by atoms with Gasteiger partial charge in [0.25, 0.3) is 5.91 Å². The molecule has 0 aliphatic carbocycles. The Kier molecular flexibility index (Phi) is 6.21. The molecule has 1 unspecified atom stereocenters. The van der Waals surface area contributed by atoms with Gasteiger partial charge in [-0.25, -0.2) is 4.79 Å². The van der Waals surface area contributed by atoms with Crippen molar-refractivity contribution < 1.29 is 19.5 Å². The van der Waals surface area contributed by atoms with Crippen molar-refractivity contribution in [2.75, 3.05) is 6.54 Å². The average Bonchev–Trinajstić information content (AvgIpc) is 3.01. The van der Waals surface area contributed by atoms with Gasteiger partial charge in [-0.2, -0.15) is 0 Å². The van der Waals surface area contributed by atoms with Crippen LogP contribution in [0.1, 0.15) is 42.6 Å². The van der Waals surface area contributed by atoms with Gasteiger partial charge in [-0.05, 0) is 49.4 Å². The van der Waals surface area contributed by atoms with E-state index < -0.39 is 18.1 Å². The number of carbonyl (C=O) groups is 3. The fraction of sp³-hybridized carbons (Fsp3) is 0.500. The molecule has 0 spiro atoms. The lowest BCUT2D eigenvalue weighted by molar-refractivity contribution is -0.149. The summed E-state index contributed by atoms with van der Waals surface area (Å²) in [5.41, 5.74) is 1.30. The highest BCUT2D eigenvalue weighted by Crippen LogP contribution is 2.21. The van der Waals surface area contributed by atoms with Crippen LogP contribution in [0.25, 0.3) is 0 Å². The standard InChI is InChI=1S/C18H23BrN2O4/c1-10(2)15(17(23)21-8-4-5-14(21)18(24)25)20-16(22)13-7-6-12(19)9-11(13)3/h6-7,9-10,14-15H,4-5,8H2,1-3H3,(H,20,22)(H,24,25)/t14-,15?/m0/s1. The van der Waals surface area contributed by atoms with Crippen molar-refractivity contribution in [2.24, 2.45) is 5.92 Å². The van der Waals surface area contributed by atoms with Gasteiger partial charge < -0.3 is 15.3 Å². The van der Waals surface area contributed by atoms with E-state index in [9.17, 15) is 19.5 Å². The van der Waals surface area contributed by atoms with Gasteiger partial charge >= 0.3 is 5.97 Å². The summed E-state index contributed by atoms with van der Waals surface area (Å²) in [6.07, 6.45) is 1.11. The van der Waals surface area contributed by atoms with Gasteiger partial charge in [-0.15, -0.1) is 0 Å². The third-order valence-electron chi connectivity index (χ3n) is 4.47. The minimum absolute atomic E-state index is 0.151. The topological polar surface area (TPSA) is 86.7 Å². The molecule has 2 N–H and O–H groups in total. The summed E-state index contributed by atoms with van der Waals surface area (Å²) in [6, 6.07) is 3.75. The van der Waals surface area contributed by atoms with Crippen LogP contribution in [0.5, 0.6) is 0 Å². The number of likely N-dealkylation sites (tertiary alicyclic amines) is 1. The molecule has 0 radical (unpaired) electrons. The van der Waals surface area contributed by atoms with Crippen LogP contribution in [0, 0.1) is 12.8 Å². The molecule has 2 amide bonds. The van der Waals surface area contributed by atoms with Crippen LogP contribution in [0.3, 0.4) is 0 Å². The van der Waals surface area contributed by atoms with Gasteiger partial charge in [0.1, 0.15) is 12.1 Å². The summed E-state index contributed by atoms with van der Waals surface area (Å²) in [6.45, 7) is 5.91. The van der Waals surface area contributed by atoms with Gasteiger partial charge in [-0.1, -0.05) is 29.8 Å². The molecule has 1 aliphatic heterocycles. The van der Waals surface area contributed by atoms with Crippen molar-refractivity contribution in [3.05, 3.63) is 33.8 Å². The molecule has 1 fully saturated rings. The van der Waals surface area contributed by atoms with Crippen LogP contribution < -0.4 is 5.32 Å². The molecule has 1 aromatic carbocycles. The molecule has 1 saturated heterocycles. The molecule has 2 atom stereocenters. The molecule has 25 heavy (non-hydrogen) atoms. The van der Waals surface area contributed by atoms with Gasteiger partial charge in [0.05, 0.1) is 0 Å². The second-order valence-corrected chi connectivity index (χ2v) is 7.60. The minimum Gasteiger partial charge on any atom is -0.480 e. The fourth-order valence-electron chi connectivity index (χ4n) is 3.08. The molecule has 1 heterocycles. The molecule has 0 aromatic heterocycles. The van der Waals surface area contributed by atoms with Crippen LogP contribution in [0.2, 0.25) is 0 Å². The number of carboxylic acids is 1. The molecule has 136 valence electrons. The summed E-state index contributed by atoms with van der Waals surface area (Å²) in [5, 5.41) is 12.1. The molecule has 7 heteroatoms. The van der Waals surface area contributed by atoms with Crippen molar-refractivity contribution in [2.45, 2.75) is 45.7 Å². The lowest BCUT2D eigenvalue weighted by Crippen LogP contribution is -2.53. The number of benzene rings is 1. The van der Waals surface area contributed by atoms with Crippen molar-refractivity contribution in [3.63, 3.8) is 0 Å². The highest BCUT2D eigenvalue weighted by molar-refractivity contribution is 9.10. The van der Waals surface area contributed by atoms with Crippen molar-refractivity contribution in [1.82, 2.24) is 10.2 Å². The van der Waals surface area contributed by atoms with E-state index in [0.29, 0.717) is 24.9 Å². The van der Waals surface area contributed by atoms with Crippen LogP contribution in [-0.2, 0) is 9.59 Å². The van der Waals surface area contributed by atoms with Crippen molar-refractivity contribution in [1.29, 1.82) is 0 Å². The molecule has 0 bridgehead atoms. The smallest absolute Gasteiger partial charge is 0.326 e. The summed E-state index contributed by atoms with van der Waals surface area (Å²) in [5.74, 6) is -1.81. The Balaban J connectivity index is 2.19. The first kappa shape index (κ1) is 19.4. The first-order valence-electron chi connectivity index (χ1n) is 8.32. The number of carboxylic acid groups (broad SMARTS) is 1. The zero-order valence-electron chi connectivity index (χ0n) is 14.6. The summed E-state index contributed by atoms with van der Waals surface area (Å²) in [4.78, 5) is 38.2. The van der Waals surface area contributed by atoms with E-state index in [-0.39, 0.29) is 17.7 Å². The number of hydrogen-bond acceptors (Lipinski definition) is 3. The zero-order valence-corrected chi connectivity index (χ0v) is 16.2. The van der Waals surface area contributed by atoms with Gasteiger partial charge in [0.15, 0.2) is 0 Å². The highest BCUT2D eigenvalue weighted by atomic mass is 79.9. The maximum absolute atomic E-state index is 12.8. The third kappa shape index (κ3) is 4.39. The number of carbonyl (C=O) groups excluding carboxylic acids is 2. The molecular formula is C18H23BrN2O4. The molecule has 6 nitrogen and oxygen atoms in total. The quantitative estimate of drug-likeness (QED) is 0.780. The Morgan fingerprint density at radius 1 is 1.32 bits per heavy atom. The Morgan fingerprint density at radius 3 is 2.56 bits per heavy atom. The number of hydrogen-bond donors (Lipinski definition) is 2. The highest BCUT2D eigenvalue weighted by Gasteiger charge is 2.38. The number of aryl methyl sites for hydroxylation is 1. The monoisotopic (exact) mass is 410 g/mol. The van der Waals surface area contributed by atoms with E-state index in [4.69, 9.17) is 0 Å². The molecule has 2 rings (SSSR count). The van der Waals surface area contributed by atoms with E-state index in [1.807, 2.05) is 26.8 Å². The predicted octanol–water partition coefficient (Wildman–Crippen LogP) is 2.59. The Labute approximate surface area is 155 Å². The van der Waals surface area contributed by atoms with E-state index in [0.717, 1.165) is 10.0 Å². The summed E-state index contributed by atoms with van der Waals surface area (Å²) >= 11 is 3.36. The number of halogens is 1. The number of aliphatic carboxylic acids is 1. The zero-order chi connectivity index (χ0) is 18.7. The van der Waals surface area contributed by atoms with Crippen LogP contribution in [-0.4, -0.2) is 46.4 Å². The number of amides is 2. The van der Waals surface area contributed by atoms with Gasteiger partial charge in [0, 0.05) is 16.6 Å². The number of nitrogens with zero attached hydrogens (tertiary/aromatic N) is 1. The van der Waals surface area contributed by atoms with Gasteiger partial charge in [0.2, 0.25) is 5.91 Å². The van der Waals surface area contributed by atoms with E-state index in [2.05, 4.69) is 21.2 Å². The SMILES string of the molecule is Cc1cc(Br)ccc1C(=O)NC(C(=O)N1CCC[C@H]1C(=O)O)C(C)C. The third-order valence-corrected chi connectivity index (χ3v) is 4.97. The molecular weight excluding hydrogens is 388 g/mol. The predicted molar refractivity (Wildman–Crippen MR) is 97.3 cm³/mol. The largest absolute Gasteiger partial charge is 0.480 e. The second-order valence-electron chi connectivity index (χ2n) is 6.68. The molecule has 0 saturated carbocycles. The second kappa shape index (κ2) is 7.99. The average molecular weight is 411 g/mol. The van der Waals surface area contributed by atoms with E-state index in [1.165, 1.54) is 4.90 Å². The van der Waals surface area contributed by atoms with Crippen LogP contribution >= 0.6 is 15.9 Å². The summed E-state index contributed by atoms with van der Waals surface area (Å²) < 4.78 is 0.874. The fourth-order valence-corrected chi connectivity index (χ4v) is 3.56. The maximum atomic E-state index is 12.8. The first-order valence-corrected chi connectivity index (χ1v) is 9.12. The Morgan fingerprint density at radius 2 is 2.00 bits per heavy atom. The van der Waals surface area contributed by atoms with E-state index >= 15 is 0 Å². The lowest BCUT2D eigenvalue weighted by atomic mass is 10.0. The lowest BCUT2D eigenvalue weighted by Gasteiger charge is -2.29. The van der Waals surface area contributed by atoms with Crippen molar-refractivity contribution in [3.8, 4) is 0 Å². The number of nitrogens with one attached hydrogen (secondary N) is 1. The van der Waals surface area contributed by atoms with Gasteiger partial charge in [-0.3, -0.25) is 9.59 Å². The molecule has 1 aliphatic rings. The van der Waals surface area contributed by atoms with Crippen LogP contribution in [0.15, 0.2) is 22.7 Å².